The predicted molar refractivity (Wildman–Crippen MR) is 27.5 cm³/mol. The molecule has 6 heavy (non-hydrogen) atoms. The smallest absolute Gasteiger partial charge is 0 e. The zero-order chi connectivity index (χ0) is 5.15. The Morgan fingerprint density at radius 3 is 1.83 bits per heavy atom. The monoisotopic (exact) mass is 121 g/mol. The maximum absolute atomic E-state index is 6.95. The van der Waals surface area contributed by atoms with Crippen LogP contribution in [0.3, 0.4) is 0 Å². The van der Waals surface area contributed by atoms with E-state index in [-0.39, 0.29) is 18.6 Å². The molecule has 0 N–H and O–H groups in total. The Labute approximate surface area is 54.1 Å². The standard InChI is InChI=1S/C4H10B.V/c1-4-5(2)3;/h4H,1-3H3;/q-1;/i4D;. The van der Waals surface area contributed by atoms with Crippen molar-refractivity contribution in [2.75, 3.05) is 0 Å². The summed E-state index contributed by atoms with van der Waals surface area (Å²) < 4.78 is 6.95. The van der Waals surface area contributed by atoms with Gasteiger partial charge in [-0.25, -0.2) is 1.37 Å². The van der Waals surface area contributed by atoms with Crippen LogP contribution in [0.15, 0.2) is 0 Å². The molecular weight excluding hydrogens is 110 g/mol. The second kappa shape index (κ2) is 5.65. The van der Waals surface area contributed by atoms with E-state index in [1.807, 2.05) is 20.6 Å². The van der Waals surface area contributed by atoms with Gasteiger partial charge in [0.2, 0.25) is 0 Å². The van der Waals surface area contributed by atoms with Gasteiger partial charge in [-0.2, -0.15) is 6.92 Å². The van der Waals surface area contributed by atoms with E-state index in [4.69, 9.17) is 1.37 Å². The summed E-state index contributed by atoms with van der Waals surface area (Å²) in [6, 6.07) is 0. The SMILES string of the molecule is [2H][C-](C)B(C)C.[V]. The van der Waals surface area contributed by atoms with Crippen LogP contribution in [0.4, 0.5) is 0 Å². The number of hydrogen-bond donors (Lipinski definition) is 0. The van der Waals surface area contributed by atoms with Crippen LogP contribution in [-0.4, -0.2) is 6.71 Å². The average Bonchev–Trinajstić information content (AvgIpc) is 1.36. The fourth-order valence-corrected chi connectivity index (χ4v) is 0. The molecule has 0 bridgehead atoms. The van der Waals surface area contributed by atoms with Crippen molar-refractivity contribution in [2.45, 2.75) is 20.6 Å². The molecule has 35 valence electrons. The van der Waals surface area contributed by atoms with Crippen LogP contribution in [0, 0.1) is 6.30 Å². The Morgan fingerprint density at radius 2 is 1.83 bits per heavy atom. The van der Waals surface area contributed by atoms with Gasteiger partial charge in [-0.1, -0.05) is 0 Å². The Bertz CT molecular complexity index is 32.7. The van der Waals surface area contributed by atoms with Gasteiger partial charge < -0.3 is 6.30 Å². The molecule has 0 spiro atoms. The maximum Gasteiger partial charge on any atom is 0 e. The first-order valence-corrected chi connectivity index (χ1v) is 1.94. The number of rotatable bonds is 1. The quantitative estimate of drug-likeness (QED) is 0.364. The minimum atomic E-state index is 0. The van der Waals surface area contributed by atoms with Crippen molar-refractivity contribution in [1.29, 1.82) is 0 Å². The molecule has 0 saturated carbocycles. The van der Waals surface area contributed by atoms with Crippen LogP contribution in [0.25, 0.3) is 0 Å². The first-order valence-electron chi connectivity index (χ1n) is 2.44. The first-order chi connectivity index (χ1) is 2.64. The Kier molecular flexibility index (Phi) is 6.26. The van der Waals surface area contributed by atoms with Crippen LogP contribution in [0.1, 0.15) is 8.29 Å². The molecule has 0 amide bonds. The normalized spacial score (nSPS) is 9.67. The second-order valence-corrected chi connectivity index (χ2v) is 1.44. The summed E-state index contributed by atoms with van der Waals surface area (Å²) in [7, 11) is 0. The summed E-state index contributed by atoms with van der Waals surface area (Å²) in [6.45, 7) is 6.29. The fourth-order valence-electron chi connectivity index (χ4n) is 0. The number of hydrogen-bond acceptors (Lipinski definition) is 0. The van der Waals surface area contributed by atoms with Gasteiger partial charge in [-0.05, 0) is 6.71 Å². The van der Waals surface area contributed by atoms with Gasteiger partial charge in [0.1, 0.15) is 0 Å². The largest absolute Gasteiger partial charge is 0.353 e. The third-order valence-electron chi connectivity index (χ3n) is 0.577. The van der Waals surface area contributed by atoms with Crippen molar-refractivity contribution >= 4 is 6.71 Å². The molecule has 2 heteroatoms. The summed E-state index contributed by atoms with van der Waals surface area (Å²) in [4.78, 5) is 0. The zero-order valence-electron chi connectivity index (χ0n) is 5.52. The fraction of sp³-hybridized carbons (Fsp3) is 0.750. The molecule has 0 aliphatic rings. The Hall–Kier alpha value is 0.649. The van der Waals surface area contributed by atoms with E-state index in [0.29, 0.717) is 6.71 Å². The molecular formula is C4H10BV-. The molecule has 0 nitrogen and oxygen atoms in total. The van der Waals surface area contributed by atoms with Crippen LogP contribution in [0.2, 0.25) is 13.6 Å². The first kappa shape index (κ1) is 6.65. The molecule has 0 rings (SSSR count). The van der Waals surface area contributed by atoms with E-state index in [1.54, 1.807) is 0 Å². The summed E-state index contributed by atoms with van der Waals surface area (Å²) >= 11 is 0. The van der Waals surface area contributed by atoms with Crippen molar-refractivity contribution < 1.29 is 19.9 Å². The van der Waals surface area contributed by atoms with Crippen LogP contribution >= 0.6 is 0 Å². The summed E-state index contributed by atoms with van der Waals surface area (Å²) in [6.07, 6.45) is 0.759. The molecule has 0 atom stereocenters. The molecule has 1 radical (unpaired) electrons. The summed E-state index contributed by atoms with van der Waals surface area (Å²) in [5.74, 6) is 0. The van der Waals surface area contributed by atoms with Crippen molar-refractivity contribution in [1.82, 2.24) is 0 Å². The van der Waals surface area contributed by atoms with E-state index in [0.717, 1.165) is 6.30 Å². The van der Waals surface area contributed by atoms with E-state index in [9.17, 15) is 0 Å². The topological polar surface area (TPSA) is 0 Å². The summed E-state index contributed by atoms with van der Waals surface area (Å²) in [5.41, 5.74) is 0. The van der Waals surface area contributed by atoms with Crippen molar-refractivity contribution in [3.8, 4) is 0 Å². The summed E-state index contributed by atoms with van der Waals surface area (Å²) in [5, 5.41) is 0. The van der Waals surface area contributed by atoms with E-state index < -0.39 is 0 Å². The molecule has 0 aromatic heterocycles. The minimum Gasteiger partial charge on any atom is -0.353 e. The molecule has 0 aliphatic carbocycles. The molecule has 0 unspecified atom stereocenters. The minimum absolute atomic E-state index is 0. The van der Waals surface area contributed by atoms with Gasteiger partial charge in [0.25, 0.3) is 0 Å². The molecule has 0 heterocycles. The van der Waals surface area contributed by atoms with Crippen molar-refractivity contribution in [2.24, 2.45) is 0 Å². The molecule has 0 fully saturated rings. The van der Waals surface area contributed by atoms with Crippen molar-refractivity contribution in [3.63, 3.8) is 0 Å². The zero-order valence-corrected chi connectivity index (χ0v) is 5.92. The van der Waals surface area contributed by atoms with Gasteiger partial charge in [-0.15, -0.1) is 13.6 Å². The van der Waals surface area contributed by atoms with Gasteiger partial charge in [0.05, 0.1) is 0 Å². The molecule has 0 aliphatic heterocycles. The van der Waals surface area contributed by atoms with E-state index in [1.165, 1.54) is 0 Å². The van der Waals surface area contributed by atoms with Gasteiger partial charge in [-0.3, -0.25) is 0 Å². The Balaban J connectivity index is 0. The molecule has 0 aromatic rings. The van der Waals surface area contributed by atoms with Crippen LogP contribution in [-0.2, 0) is 18.6 Å². The van der Waals surface area contributed by atoms with Crippen LogP contribution < -0.4 is 0 Å². The molecule has 0 aromatic carbocycles. The third kappa shape index (κ3) is 8.82. The molecule has 0 saturated heterocycles. The van der Waals surface area contributed by atoms with Gasteiger partial charge in [0, 0.05) is 18.6 Å². The second-order valence-electron chi connectivity index (χ2n) is 1.44. The third-order valence-corrected chi connectivity index (χ3v) is 0.577. The maximum atomic E-state index is 6.95. The van der Waals surface area contributed by atoms with Crippen LogP contribution in [0.5, 0.6) is 0 Å². The Morgan fingerprint density at radius 1 is 1.67 bits per heavy atom. The van der Waals surface area contributed by atoms with Gasteiger partial charge >= 0.3 is 0 Å². The van der Waals surface area contributed by atoms with Crippen molar-refractivity contribution in [3.05, 3.63) is 6.30 Å². The predicted octanol–water partition coefficient (Wildman–Crippen LogP) is 1.50. The van der Waals surface area contributed by atoms with Gasteiger partial charge in [0.15, 0.2) is 0 Å². The van der Waals surface area contributed by atoms with E-state index >= 15 is 0 Å². The average molecular weight is 121 g/mol. The van der Waals surface area contributed by atoms with E-state index in [2.05, 4.69) is 0 Å².